The largest absolute Gasteiger partial charge is 0.369 e. The van der Waals surface area contributed by atoms with Crippen molar-refractivity contribution in [2.45, 2.75) is 33.2 Å². The number of carbonyl (C=O) groups is 1. The fourth-order valence-electron chi connectivity index (χ4n) is 3.46. The minimum absolute atomic E-state index is 0.0317. The van der Waals surface area contributed by atoms with Crippen molar-refractivity contribution in [1.82, 2.24) is 9.88 Å². The lowest BCUT2D eigenvalue weighted by Gasteiger charge is -2.30. The zero-order valence-corrected chi connectivity index (χ0v) is 15.5. The molecule has 1 aliphatic heterocycles. The number of benzene rings is 1. The van der Waals surface area contributed by atoms with Crippen molar-refractivity contribution in [2.24, 2.45) is 11.7 Å². The summed E-state index contributed by atoms with van der Waals surface area (Å²) in [6.45, 7) is 6.72. The molecule has 1 fully saturated rings. The first-order chi connectivity index (χ1) is 11.9. The van der Waals surface area contributed by atoms with Crippen LogP contribution >= 0.6 is 11.6 Å². The third-order valence-electron chi connectivity index (χ3n) is 4.95. The molecule has 2 aromatic rings. The van der Waals surface area contributed by atoms with Gasteiger partial charge in [-0.05, 0) is 80.7 Å². The van der Waals surface area contributed by atoms with E-state index in [2.05, 4.69) is 34.1 Å². The van der Waals surface area contributed by atoms with Gasteiger partial charge in [-0.1, -0.05) is 11.6 Å². The van der Waals surface area contributed by atoms with Crippen molar-refractivity contribution in [1.29, 1.82) is 0 Å². The highest BCUT2D eigenvalue weighted by Gasteiger charge is 2.23. The molecule has 2 N–H and O–H groups in total. The van der Waals surface area contributed by atoms with Crippen LogP contribution in [0.5, 0.6) is 0 Å². The average molecular weight is 358 g/mol. The van der Waals surface area contributed by atoms with Gasteiger partial charge in [-0.3, -0.25) is 14.7 Å². The maximum absolute atomic E-state index is 11.3. The van der Waals surface area contributed by atoms with E-state index in [1.807, 2.05) is 20.0 Å². The topological polar surface area (TPSA) is 59.2 Å². The average Bonchev–Trinajstić information content (AvgIpc) is 2.60. The van der Waals surface area contributed by atoms with Crippen molar-refractivity contribution in [3.63, 3.8) is 0 Å². The van der Waals surface area contributed by atoms with Gasteiger partial charge in [0.25, 0.3) is 0 Å². The number of amides is 1. The van der Waals surface area contributed by atoms with E-state index in [4.69, 9.17) is 17.3 Å². The van der Waals surface area contributed by atoms with Crippen LogP contribution in [-0.4, -0.2) is 28.9 Å². The lowest BCUT2D eigenvalue weighted by molar-refractivity contribution is -0.123. The lowest BCUT2D eigenvalue weighted by atomic mass is 9.96. The number of piperidine rings is 1. The number of likely N-dealkylation sites (tertiary alicyclic amines) is 1. The molecule has 0 spiro atoms. The summed E-state index contributed by atoms with van der Waals surface area (Å²) in [5, 5.41) is 0.817. The fraction of sp³-hybridized carbons (Fsp3) is 0.400. The van der Waals surface area contributed by atoms with Crippen LogP contribution in [0.3, 0.4) is 0 Å². The van der Waals surface area contributed by atoms with Gasteiger partial charge < -0.3 is 5.73 Å². The number of rotatable bonds is 4. The second-order valence-electron chi connectivity index (χ2n) is 6.93. The molecule has 0 atom stereocenters. The Bertz CT molecular complexity index is 759. The second-order valence-corrected chi connectivity index (χ2v) is 7.30. The van der Waals surface area contributed by atoms with Crippen molar-refractivity contribution in [3.05, 3.63) is 52.2 Å². The van der Waals surface area contributed by atoms with Crippen molar-refractivity contribution >= 4 is 17.5 Å². The van der Waals surface area contributed by atoms with Gasteiger partial charge in [0, 0.05) is 29.2 Å². The van der Waals surface area contributed by atoms with Crippen LogP contribution in [-0.2, 0) is 11.3 Å². The summed E-state index contributed by atoms with van der Waals surface area (Å²) in [6, 6.07) is 8.36. The Kier molecular flexibility index (Phi) is 5.40. The van der Waals surface area contributed by atoms with Crippen molar-refractivity contribution < 1.29 is 4.79 Å². The molecular formula is C20H24ClN3O. The first-order valence-corrected chi connectivity index (χ1v) is 9.05. The Morgan fingerprint density at radius 1 is 1.24 bits per heavy atom. The Hall–Kier alpha value is -1.91. The fourth-order valence-corrected chi connectivity index (χ4v) is 3.57. The lowest BCUT2D eigenvalue weighted by Crippen LogP contribution is -2.38. The van der Waals surface area contributed by atoms with Crippen LogP contribution in [0.15, 0.2) is 30.5 Å². The van der Waals surface area contributed by atoms with E-state index in [0.717, 1.165) is 59.9 Å². The van der Waals surface area contributed by atoms with Gasteiger partial charge >= 0.3 is 0 Å². The van der Waals surface area contributed by atoms with E-state index < -0.39 is 0 Å². The predicted molar refractivity (Wildman–Crippen MR) is 101 cm³/mol. The van der Waals surface area contributed by atoms with Crippen LogP contribution in [0.25, 0.3) is 11.3 Å². The third-order valence-corrected chi connectivity index (χ3v) is 5.55. The molecule has 1 amide bonds. The third kappa shape index (κ3) is 4.20. The minimum atomic E-state index is -0.167. The standard InChI is InChI=1S/C20H24ClN3O/c1-13-9-17(10-14(2)19(13)21)18-11-15(3-6-23-18)12-24-7-4-16(5-8-24)20(22)25/h3,6,9-11,16H,4-5,7-8,12H2,1-2H3,(H2,22,25). The van der Waals surface area contributed by atoms with E-state index in [-0.39, 0.29) is 11.8 Å². The first kappa shape index (κ1) is 17.9. The SMILES string of the molecule is Cc1cc(-c2cc(CN3CCC(C(N)=O)CC3)ccn2)cc(C)c1Cl. The number of nitrogens with two attached hydrogens (primary N) is 1. The maximum atomic E-state index is 11.3. The second kappa shape index (κ2) is 7.54. The van der Waals surface area contributed by atoms with Gasteiger partial charge in [-0.2, -0.15) is 0 Å². The van der Waals surface area contributed by atoms with Crippen LogP contribution in [0.2, 0.25) is 5.02 Å². The number of pyridine rings is 1. The molecule has 0 saturated carbocycles. The van der Waals surface area contributed by atoms with Gasteiger partial charge in [0.05, 0.1) is 5.69 Å². The summed E-state index contributed by atoms with van der Waals surface area (Å²) in [4.78, 5) is 18.2. The van der Waals surface area contributed by atoms with Crippen LogP contribution < -0.4 is 5.73 Å². The van der Waals surface area contributed by atoms with Gasteiger partial charge in [-0.15, -0.1) is 0 Å². The molecule has 1 saturated heterocycles. The molecule has 1 aliphatic rings. The molecule has 0 aliphatic carbocycles. The van der Waals surface area contributed by atoms with Crippen LogP contribution in [0.4, 0.5) is 0 Å². The number of hydrogen-bond donors (Lipinski definition) is 1. The quantitative estimate of drug-likeness (QED) is 0.907. The van der Waals surface area contributed by atoms with E-state index in [9.17, 15) is 4.79 Å². The van der Waals surface area contributed by atoms with Gasteiger partial charge in [0.1, 0.15) is 0 Å². The van der Waals surface area contributed by atoms with Crippen molar-refractivity contribution in [3.8, 4) is 11.3 Å². The Balaban J connectivity index is 1.73. The summed E-state index contributed by atoms with van der Waals surface area (Å²) in [5.74, 6) is -0.136. The maximum Gasteiger partial charge on any atom is 0.220 e. The molecule has 0 bridgehead atoms. The highest BCUT2D eigenvalue weighted by molar-refractivity contribution is 6.32. The number of aryl methyl sites for hydroxylation is 2. The number of primary amides is 1. The number of aromatic nitrogens is 1. The molecule has 132 valence electrons. The summed E-state index contributed by atoms with van der Waals surface area (Å²) >= 11 is 6.27. The van der Waals surface area contributed by atoms with Crippen molar-refractivity contribution in [2.75, 3.05) is 13.1 Å². The highest BCUT2D eigenvalue weighted by Crippen LogP contribution is 2.28. The number of hydrogen-bond acceptors (Lipinski definition) is 3. The summed E-state index contributed by atoms with van der Waals surface area (Å²) < 4.78 is 0. The molecule has 1 aromatic heterocycles. The van der Waals surface area contributed by atoms with E-state index in [0.29, 0.717) is 0 Å². The smallest absolute Gasteiger partial charge is 0.220 e. The molecule has 4 nitrogen and oxygen atoms in total. The molecule has 3 rings (SSSR count). The first-order valence-electron chi connectivity index (χ1n) is 8.68. The molecule has 25 heavy (non-hydrogen) atoms. The number of carbonyl (C=O) groups excluding carboxylic acids is 1. The molecule has 2 heterocycles. The van der Waals surface area contributed by atoms with Gasteiger partial charge in [-0.25, -0.2) is 0 Å². The minimum Gasteiger partial charge on any atom is -0.369 e. The Morgan fingerprint density at radius 2 is 1.88 bits per heavy atom. The van der Waals surface area contributed by atoms with E-state index in [1.54, 1.807) is 0 Å². The monoisotopic (exact) mass is 357 g/mol. The van der Waals surface area contributed by atoms with Gasteiger partial charge in [0.15, 0.2) is 0 Å². The predicted octanol–water partition coefficient (Wildman–Crippen LogP) is 3.72. The Labute approximate surface area is 154 Å². The zero-order valence-electron chi connectivity index (χ0n) is 14.8. The molecule has 0 radical (unpaired) electrons. The van der Waals surface area contributed by atoms with Gasteiger partial charge in [0.2, 0.25) is 5.91 Å². The van der Waals surface area contributed by atoms with E-state index >= 15 is 0 Å². The van der Waals surface area contributed by atoms with Crippen LogP contribution in [0.1, 0.15) is 29.5 Å². The van der Waals surface area contributed by atoms with Crippen LogP contribution in [0, 0.1) is 19.8 Å². The molecule has 5 heteroatoms. The molecular weight excluding hydrogens is 334 g/mol. The summed E-state index contributed by atoms with van der Waals surface area (Å²) in [6.07, 6.45) is 3.56. The summed E-state index contributed by atoms with van der Waals surface area (Å²) in [5.41, 5.74) is 10.8. The number of nitrogens with zero attached hydrogens (tertiary/aromatic N) is 2. The molecule has 0 unspecified atom stereocenters. The Morgan fingerprint density at radius 3 is 2.48 bits per heavy atom. The van der Waals surface area contributed by atoms with E-state index in [1.165, 1.54) is 5.56 Å². The number of halogens is 1. The zero-order chi connectivity index (χ0) is 18.0. The summed E-state index contributed by atoms with van der Waals surface area (Å²) in [7, 11) is 0. The normalized spacial score (nSPS) is 16.1. The molecule has 1 aromatic carbocycles. The highest BCUT2D eigenvalue weighted by atomic mass is 35.5.